The number of nitrogens with zero attached hydrogens (tertiary/aromatic N) is 1. The summed E-state index contributed by atoms with van der Waals surface area (Å²) in [7, 11) is 0. The van der Waals surface area contributed by atoms with E-state index < -0.39 is 0 Å². The number of hydrogen-bond donors (Lipinski definition) is 1. The summed E-state index contributed by atoms with van der Waals surface area (Å²) in [4.78, 5) is 4.33. The molecule has 0 saturated heterocycles. The van der Waals surface area contributed by atoms with Gasteiger partial charge in [-0.05, 0) is 48.2 Å². The van der Waals surface area contributed by atoms with Gasteiger partial charge in [0, 0.05) is 18.1 Å². The molecule has 2 nitrogen and oxygen atoms in total. The molecule has 1 atom stereocenters. The maximum Gasteiger partial charge on any atom is 0.0702 e. The molecular weight excluding hydrogens is 240 g/mol. The Kier molecular flexibility index (Phi) is 5.02. The van der Waals surface area contributed by atoms with Gasteiger partial charge in [0.05, 0.1) is 5.52 Å². The minimum atomic E-state index is 0.724. The SMILES string of the molecule is CSCC(C)CNCc1ccc2ncccc2c1. The largest absolute Gasteiger partial charge is 0.312 e. The van der Waals surface area contributed by atoms with Crippen LogP contribution in [-0.2, 0) is 6.54 Å². The third-order valence-electron chi connectivity index (χ3n) is 2.94. The highest BCUT2D eigenvalue weighted by atomic mass is 32.2. The van der Waals surface area contributed by atoms with Gasteiger partial charge in [0.25, 0.3) is 0 Å². The minimum Gasteiger partial charge on any atom is -0.312 e. The first kappa shape index (κ1) is 13.4. The normalized spacial score (nSPS) is 12.8. The highest BCUT2D eigenvalue weighted by Crippen LogP contribution is 2.13. The van der Waals surface area contributed by atoms with Crippen LogP contribution < -0.4 is 5.32 Å². The maximum atomic E-state index is 4.33. The molecule has 2 rings (SSSR count). The van der Waals surface area contributed by atoms with Crippen molar-refractivity contribution in [1.82, 2.24) is 10.3 Å². The molecule has 96 valence electrons. The Morgan fingerprint density at radius 2 is 2.22 bits per heavy atom. The Morgan fingerprint density at radius 3 is 3.06 bits per heavy atom. The lowest BCUT2D eigenvalue weighted by Crippen LogP contribution is -2.21. The van der Waals surface area contributed by atoms with E-state index in [0.29, 0.717) is 0 Å². The van der Waals surface area contributed by atoms with Crippen LogP contribution >= 0.6 is 11.8 Å². The molecular formula is C15H20N2S. The van der Waals surface area contributed by atoms with Gasteiger partial charge < -0.3 is 5.32 Å². The molecule has 1 N–H and O–H groups in total. The van der Waals surface area contributed by atoms with Crippen molar-refractivity contribution in [2.24, 2.45) is 5.92 Å². The lowest BCUT2D eigenvalue weighted by molar-refractivity contribution is 0.559. The van der Waals surface area contributed by atoms with Gasteiger partial charge in [0.15, 0.2) is 0 Å². The molecule has 1 aromatic carbocycles. The third kappa shape index (κ3) is 3.72. The van der Waals surface area contributed by atoms with E-state index in [9.17, 15) is 0 Å². The topological polar surface area (TPSA) is 24.9 Å². The predicted octanol–water partition coefficient (Wildman–Crippen LogP) is 3.32. The number of fused-ring (bicyclic) bond motifs is 1. The van der Waals surface area contributed by atoms with Crippen LogP contribution in [-0.4, -0.2) is 23.5 Å². The van der Waals surface area contributed by atoms with Crippen molar-refractivity contribution in [3.05, 3.63) is 42.1 Å². The Labute approximate surface area is 113 Å². The third-order valence-corrected chi connectivity index (χ3v) is 3.84. The Bertz CT molecular complexity index is 499. The molecule has 1 heterocycles. The van der Waals surface area contributed by atoms with Crippen molar-refractivity contribution in [1.29, 1.82) is 0 Å². The van der Waals surface area contributed by atoms with E-state index in [1.807, 2.05) is 24.0 Å². The molecule has 0 spiro atoms. The summed E-state index contributed by atoms with van der Waals surface area (Å²) >= 11 is 1.91. The molecule has 18 heavy (non-hydrogen) atoms. The van der Waals surface area contributed by atoms with Crippen LogP contribution in [0.5, 0.6) is 0 Å². The first-order valence-electron chi connectivity index (χ1n) is 6.33. The number of hydrogen-bond acceptors (Lipinski definition) is 3. The van der Waals surface area contributed by atoms with Gasteiger partial charge in [-0.25, -0.2) is 0 Å². The van der Waals surface area contributed by atoms with Crippen molar-refractivity contribution in [3.63, 3.8) is 0 Å². The van der Waals surface area contributed by atoms with Crippen LogP contribution in [0.1, 0.15) is 12.5 Å². The lowest BCUT2D eigenvalue weighted by Gasteiger charge is -2.11. The number of nitrogens with one attached hydrogen (secondary N) is 1. The number of rotatable bonds is 6. The van der Waals surface area contributed by atoms with E-state index in [1.165, 1.54) is 16.7 Å². The van der Waals surface area contributed by atoms with Gasteiger partial charge in [0.1, 0.15) is 0 Å². The van der Waals surface area contributed by atoms with Crippen molar-refractivity contribution in [2.45, 2.75) is 13.5 Å². The lowest BCUT2D eigenvalue weighted by atomic mass is 10.1. The average molecular weight is 260 g/mol. The van der Waals surface area contributed by atoms with Crippen molar-refractivity contribution >= 4 is 22.7 Å². The molecule has 2 aromatic rings. The second-order valence-electron chi connectivity index (χ2n) is 4.72. The number of aromatic nitrogens is 1. The van der Waals surface area contributed by atoms with E-state index in [0.717, 1.165) is 24.5 Å². The summed E-state index contributed by atoms with van der Waals surface area (Å²) in [5.74, 6) is 1.94. The van der Waals surface area contributed by atoms with Gasteiger partial charge in [0.2, 0.25) is 0 Å². The number of thioether (sulfide) groups is 1. The highest BCUT2D eigenvalue weighted by molar-refractivity contribution is 7.98. The van der Waals surface area contributed by atoms with Crippen molar-refractivity contribution in [2.75, 3.05) is 18.6 Å². The van der Waals surface area contributed by atoms with E-state index in [1.54, 1.807) is 0 Å². The molecule has 1 unspecified atom stereocenters. The molecule has 0 fully saturated rings. The maximum absolute atomic E-state index is 4.33. The minimum absolute atomic E-state index is 0.724. The van der Waals surface area contributed by atoms with Crippen LogP contribution in [0.4, 0.5) is 0 Å². The first-order valence-corrected chi connectivity index (χ1v) is 7.72. The van der Waals surface area contributed by atoms with Crippen molar-refractivity contribution < 1.29 is 0 Å². The molecule has 0 aliphatic rings. The molecule has 0 bridgehead atoms. The van der Waals surface area contributed by atoms with E-state index in [2.05, 4.69) is 47.7 Å². The van der Waals surface area contributed by atoms with Crippen LogP contribution in [0.2, 0.25) is 0 Å². The standard InChI is InChI=1S/C15H20N2S/c1-12(11-18-2)9-16-10-13-5-6-15-14(8-13)4-3-7-17-15/h3-8,12,16H,9-11H2,1-2H3. The average Bonchev–Trinajstić information content (AvgIpc) is 2.39. The van der Waals surface area contributed by atoms with Gasteiger partial charge in [-0.3, -0.25) is 4.98 Å². The summed E-state index contributed by atoms with van der Waals surface area (Å²) < 4.78 is 0. The Hall–Kier alpha value is -1.06. The Balaban J connectivity index is 1.91. The molecule has 0 aliphatic heterocycles. The van der Waals surface area contributed by atoms with Crippen LogP contribution in [0.3, 0.4) is 0 Å². The fourth-order valence-electron chi connectivity index (χ4n) is 2.04. The number of pyridine rings is 1. The zero-order chi connectivity index (χ0) is 12.8. The van der Waals surface area contributed by atoms with Gasteiger partial charge in [-0.1, -0.05) is 19.1 Å². The van der Waals surface area contributed by atoms with Crippen LogP contribution in [0.15, 0.2) is 36.5 Å². The monoisotopic (exact) mass is 260 g/mol. The summed E-state index contributed by atoms with van der Waals surface area (Å²) in [6.07, 6.45) is 4.00. The van der Waals surface area contributed by atoms with Gasteiger partial charge >= 0.3 is 0 Å². The van der Waals surface area contributed by atoms with E-state index >= 15 is 0 Å². The summed E-state index contributed by atoms with van der Waals surface area (Å²) in [5, 5.41) is 4.73. The molecule has 0 radical (unpaired) electrons. The molecule has 0 amide bonds. The zero-order valence-corrected chi connectivity index (χ0v) is 11.8. The highest BCUT2D eigenvalue weighted by Gasteiger charge is 2.01. The van der Waals surface area contributed by atoms with E-state index in [4.69, 9.17) is 0 Å². The summed E-state index contributed by atoms with van der Waals surface area (Å²) in [6.45, 7) is 4.29. The van der Waals surface area contributed by atoms with Crippen LogP contribution in [0.25, 0.3) is 10.9 Å². The quantitative estimate of drug-likeness (QED) is 0.862. The summed E-state index contributed by atoms with van der Waals surface area (Å²) in [5.41, 5.74) is 2.39. The number of benzene rings is 1. The van der Waals surface area contributed by atoms with Crippen LogP contribution in [0, 0.1) is 5.92 Å². The molecule has 0 aliphatic carbocycles. The van der Waals surface area contributed by atoms with E-state index in [-0.39, 0.29) is 0 Å². The van der Waals surface area contributed by atoms with Crippen molar-refractivity contribution in [3.8, 4) is 0 Å². The second-order valence-corrected chi connectivity index (χ2v) is 5.63. The smallest absolute Gasteiger partial charge is 0.0702 e. The molecule has 1 aromatic heterocycles. The molecule has 0 saturated carbocycles. The molecule has 3 heteroatoms. The van der Waals surface area contributed by atoms with Gasteiger partial charge in [-0.15, -0.1) is 0 Å². The first-order chi connectivity index (χ1) is 8.79. The Morgan fingerprint density at radius 1 is 1.33 bits per heavy atom. The predicted molar refractivity (Wildman–Crippen MR) is 81.0 cm³/mol. The zero-order valence-electron chi connectivity index (χ0n) is 11.0. The summed E-state index contributed by atoms with van der Waals surface area (Å²) in [6, 6.07) is 10.6. The van der Waals surface area contributed by atoms with Gasteiger partial charge in [-0.2, -0.15) is 11.8 Å². The fraction of sp³-hybridized carbons (Fsp3) is 0.400. The fourth-order valence-corrected chi connectivity index (χ4v) is 2.73. The second kappa shape index (κ2) is 6.76.